The monoisotopic (exact) mass is 500 g/mol. The van der Waals surface area contributed by atoms with Gasteiger partial charge in [-0.05, 0) is 34.6 Å². The lowest BCUT2D eigenvalue weighted by atomic mass is 9.87. The minimum atomic E-state index is -2.24. The van der Waals surface area contributed by atoms with Gasteiger partial charge in [-0.15, -0.1) is 0 Å². The average Bonchev–Trinajstić information content (AvgIpc) is 3.36. The second-order valence-corrected chi connectivity index (χ2v) is 16.2. The Kier molecular flexibility index (Phi) is 7.12. The van der Waals surface area contributed by atoms with Crippen LogP contribution in [0.15, 0.2) is 127 Å². The van der Waals surface area contributed by atoms with E-state index in [4.69, 9.17) is 0 Å². The molecule has 0 bridgehead atoms. The summed E-state index contributed by atoms with van der Waals surface area (Å²) < 4.78 is 0. The van der Waals surface area contributed by atoms with E-state index in [1.165, 1.54) is 21.5 Å². The number of hydrogen-bond donors (Lipinski definition) is 0. The third-order valence-corrected chi connectivity index (χ3v) is 14.5. The van der Waals surface area contributed by atoms with Crippen LogP contribution in [0.5, 0.6) is 0 Å². The van der Waals surface area contributed by atoms with E-state index >= 15 is 0 Å². The van der Waals surface area contributed by atoms with Gasteiger partial charge in [-0.3, -0.25) is 4.79 Å². The number of Topliss-reactive ketones (excluding diaryl/α,β-unsaturated/α-hetero) is 1. The predicted octanol–water partition coefficient (Wildman–Crippen LogP) is 7.65. The summed E-state index contributed by atoms with van der Waals surface area (Å²) in [6.45, 7) is 7.26. The molecular formula is C35H36OSi. The number of benzene rings is 4. The molecule has 2 unspecified atom stereocenters. The Morgan fingerprint density at radius 1 is 0.703 bits per heavy atom. The van der Waals surface area contributed by atoms with Crippen LogP contribution in [0, 0.1) is 11.8 Å². The zero-order chi connectivity index (χ0) is 25.9. The first-order valence-corrected chi connectivity index (χ1v) is 15.6. The first-order chi connectivity index (χ1) is 17.9. The fourth-order valence-electron chi connectivity index (χ4n) is 6.40. The Hall–Kier alpha value is -3.49. The third kappa shape index (κ3) is 4.91. The number of rotatable bonds is 7. The molecule has 186 valence electrons. The molecule has 37 heavy (non-hydrogen) atoms. The summed E-state index contributed by atoms with van der Waals surface area (Å²) in [7, 11) is -2.24. The fourth-order valence-corrected chi connectivity index (χ4v) is 12.1. The van der Waals surface area contributed by atoms with Crippen molar-refractivity contribution in [2.24, 2.45) is 11.8 Å². The second kappa shape index (κ2) is 10.5. The average molecular weight is 501 g/mol. The highest BCUT2D eigenvalue weighted by Gasteiger charge is 2.49. The van der Waals surface area contributed by atoms with Crippen LogP contribution in [0.3, 0.4) is 0 Å². The molecule has 4 aromatic rings. The number of carbonyl (C=O) groups excluding carboxylic acids is 1. The van der Waals surface area contributed by atoms with Crippen LogP contribution in [0.2, 0.25) is 11.1 Å². The Morgan fingerprint density at radius 2 is 1.16 bits per heavy atom. The van der Waals surface area contributed by atoms with Crippen LogP contribution < -0.4 is 10.4 Å². The molecule has 1 aliphatic rings. The first kappa shape index (κ1) is 25.2. The van der Waals surface area contributed by atoms with Crippen LogP contribution in [0.25, 0.3) is 5.57 Å². The lowest BCUT2D eigenvalue weighted by molar-refractivity contribution is 0.0945. The maximum absolute atomic E-state index is 13.8. The Balaban J connectivity index is 1.61. The molecule has 0 aliphatic heterocycles. The summed E-state index contributed by atoms with van der Waals surface area (Å²) in [5.41, 5.74) is 3.17. The van der Waals surface area contributed by atoms with Crippen molar-refractivity contribution >= 4 is 29.8 Å². The lowest BCUT2D eigenvalue weighted by Gasteiger charge is -2.45. The van der Waals surface area contributed by atoms with E-state index in [9.17, 15) is 4.79 Å². The smallest absolute Gasteiger partial charge is 0.170 e. The van der Waals surface area contributed by atoms with E-state index in [0.29, 0.717) is 5.92 Å². The molecule has 0 radical (unpaired) electrons. The molecule has 0 aromatic heterocycles. The highest BCUT2D eigenvalue weighted by atomic mass is 28.3. The van der Waals surface area contributed by atoms with Crippen molar-refractivity contribution in [3.8, 4) is 0 Å². The van der Waals surface area contributed by atoms with Gasteiger partial charge in [0.1, 0.15) is 8.07 Å². The number of allylic oxidation sites excluding steroid dienone is 2. The van der Waals surface area contributed by atoms with E-state index < -0.39 is 8.07 Å². The molecule has 5 rings (SSSR count). The Morgan fingerprint density at radius 3 is 1.65 bits per heavy atom. The minimum absolute atomic E-state index is 0.0952. The van der Waals surface area contributed by atoms with E-state index in [-0.39, 0.29) is 16.7 Å². The molecule has 0 saturated heterocycles. The van der Waals surface area contributed by atoms with Crippen LogP contribution in [0.4, 0.5) is 0 Å². The molecule has 0 heterocycles. The highest BCUT2D eigenvalue weighted by Crippen LogP contribution is 2.47. The summed E-state index contributed by atoms with van der Waals surface area (Å²) in [4.78, 5) is 13.8. The SMILES string of the molecule is CC(C)(C)[Si](CC1C=C(c2ccccc2)C(C(=O)c2ccccc2)C1)(c1ccccc1)c1ccccc1. The largest absolute Gasteiger partial charge is 0.293 e. The van der Waals surface area contributed by atoms with Crippen LogP contribution in [-0.4, -0.2) is 13.9 Å². The molecular weight excluding hydrogens is 464 g/mol. The summed E-state index contributed by atoms with van der Waals surface area (Å²) in [5, 5.41) is 3.04. The van der Waals surface area contributed by atoms with Gasteiger partial charge in [0, 0.05) is 11.5 Å². The van der Waals surface area contributed by atoms with E-state index in [1.807, 2.05) is 36.4 Å². The molecule has 0 amide bonds. The van der Waals surface area contributed by atoms with Crippen molar-refractivity contribution in [2.45, 2.75) is 38.3 Å². The van der Waals surface area contributed by atoms with Gasteiger partial charge in [0.15, 0.2) is 5.78 Å². The van der Waals surface area contributed by atoms with E-state index in [1.54, 1.807) is 0 Å². The van der Waals surface area contributed by atoms with Crippen molar-refractivity contribution in [1.29, 1.82) is 0 Å². The topological polar surface area (TPSA) is 17.1 Å². The van der Waals surface area contributed by atoms with Gasteiger partial charge in [0.05, 0.1) is 0 Å². The quantitative estimate of drug-likeness (QED) is 0.188. The summed E-state index contributed by atoms with van der Waals surface area (Å²) in [5.74, 6) is 0.452. The Bertz CT molecular complexity index is 1310. The number of hydrogen-bond acceptors (Lipinski definition) is 1. The van der Waals surface area contributed by atoms with E-state index in [0.717, 1.165) is 18.0 Å². The van der Waals surface area contributed by atoms with Gasteiger partial charge < -0.3 is 0 Å². The summed E-state index contributed by atoms with van der Waals surface area (Å²) in [6, 6.07) is 43.8. The van der Waals surface area contributed by atoms with Crippen molar-refractivity contribution in [3.63, 3.8) is 0 Å². The van der Waals surface area contributed by atoms with Crippen LogP contribution in [-0.2, 0) is 0 Å². The molecule has 0 N–H and O–H groups in total. The molecule has 2 heteroatoms. The summed E-state index contributed by atoms with van der Waals surface area (Å²) in [6.07, 6.45) is 3.31. The fraction of sp³-hybridized carbons (Fsp3) is 0.229. The minimum Gasteiger partial charge on any atom is -0.293 e. The summed E-state index contributed by atoms with van der Waals surface area (Å²) >= 11 is 0. The number of carbonyl (C=O) groups is 1. The lowest BCUT2D eigenvalue weighted by Crippen LogP contribution is -2.64. The maximum Gasteiger partial charge on any atom is 0.170 e. The van der Waals surface area contributed by atoms with Gasteiger partial charge in [0.25, 0.3) is 0 Å². The van der Waals surface area contributed by atoms with Gasteiger partial charge in [-0.2, -0.15) is 0 Å². The highest BCUT2D eigenvalue weighted by molar-refractivity contribution is 7.04. The van der Waals surface area contributed by atoms with Crippen molar-refractivity contribution < 1.29 is 4.79 Å². The van der Waals surface area contributed by atoms with Crippen molar-refractivity contribution in [1.82, 2.24) is 0 Å². The molecule has 4 aromatic carbocycles. The predicted molar refractivity (Wildman–Crippen MR) is 159 cm³/mol. The van der Waals surface area contributed by atoms with Crippen LogP contribution >= 0.6 is 0 Å². The maximum atomic E-state index is 13.8. The molecule has 1 nitrogen and oxygen atoms in total. The Labute approximate surface area is 222 Å². The van der Waals surface area contributed by atoms with Gasteiger partial charge >= 0.3 is 0 Å². The zero-order valence-corrected chi connectivity index (χ0v) is 23.1. The van der Waals surface area contributed by atoms with Crippen molar-refractivity contribution in [3.05, 3.63) is 139 Å². The number of ketones is 1. The molecule has 0 spiro atoms. The molecule has 1 aliphatic carbocycles. The van der Waals surface area contributed by atoms with Gasteiger partial charge in [0.2, 0.25) is 0 Å². The van der Waals surface area contributed by atoms with Crippen molar-refractivity contribution in [2.75, 3.05) is 0 Å². The first-order valence-electron chi connectivity index (χ1n) is 13.4. The van der Waals surface area contributed by atoms with E-state index in [2.05, 4.69) is 112 Å². The standard InChI is InChI=1S/C35H36OSi/c1-35(2,3)37(30-20-12-6-13-21-30,31-22-14-7-15-23-31)26-27-24-32(28-16-8-4-9-17-28)33(25-27)34(36)29-18-10-5-11-19-29/h4-24,27,33H,25-26H2,1-3H3. The van der Waals surface area contributed by atoms with Crippen LogP contribution in [0.1, 0.15) is 43.1 Å². The molecule has 2 atom stereocenters. The molecule has 0 fully saturated rings. The van der Waals surface area contributed by atoms with Gasteiger partial charge in [-0.25, -0.2) is 0 Å². The zero-order valence-electron chi connectivity index (χ0n) is 22.1. The second-order valence-electron chi connectivity index (χ2n) is 11.4. The normalized spacial score (nSPS) is 17.9. The third-order valence-electron chi connectivity index (χ3n) is 8.19. The van der Waals surface area contributed by atoms with Gasteiger partial charge in [-0.1, -0.05) is 159 Å². The molecule has 0 saturated carbocycles.